The van der Waals surface area contributed by atoms with Crippen molar-refractivity contribution in [2.24, 2.45) is 9.98 Å². The summed E-state index contributed by atoms with van der Waals surface area (Å²) in [5.74, 6) is -0.102. The number of benzene rings is 2. The van der Waals surface area contributed by atoms with Crippen LogP contribution in [0.25, 0.3) is 15.8 Å². The molecule has 3 aliphatic rings. The molecule has 0 aliphatic carbocycles. The highest BCUT2D eigenvalue weighted by Crippen LogP contribution is 2.39. The van der Waals surface area contributed by atoms with Crippen LogP contribution in [0.2, 0.25) is 0 Å². The lowest BCUT2D eigenvalue weighted by molar-refractivity contribution is 0.0943. The maximum Gasteiger partial charge on any atom is 0.371 e. The van der Waals surface area contributed by atoms with E-state index in [2.05, 4.69) is 36.7 Å². The maximum atomic E-state index is 12.0. The molecule has 2 aromatic rings. The van der Waals surface area contributed by atoms with Crippen LogP contribution in [0.4, 0.5) is 5.69 Å². The highest BCUT2D eigenvalue weighted by Gasteiger charge is 2.44. The van der Waals surface area contributed by atoms with E-state index in [1.54, 1.807) is 19.1 Å². The van der Waals surface area contributed by atoms with E-state index in [9.17, 15) is 5.11 Å². The molecule has 164 valence electrons. The second kappa shape index (κ2) is 8.31. The Balaban J connectivity index is 1.72. The molecule has 3 heterocycles. The predicted octanol–water partition coefficient (Wildman–Crippen LogP) is 4.65. The van der Waals surface area contributed by atoms with Gasteiger partial charge in [-0.15, -0.1) is 4.99 Å². The Morgan fingerprint density at radius 1 is 1.09 bits per heavy atom. The molecule has 0 amide bonds. The highest BCUT2D eigenvalue weighted by atomic mass is 16.3. The molecule has 6 heteroatoms. The van der Waals surface area contributed by atoms with E-state index in [-0.39, 0.29) is 5.84 Å². The number of nitrogens with zero attached hydrogens (tertiary/aromatic N) is 5. The number of aryl methyl sites for hydroxylation is 2. The topological polar surface area (TPSA) is 56.9 Å². The Hall–Kier alpha value is -3.74. The number of hydrogen-bond donors (Lipinski definition) is 1. The number of anilines is 1. The normalized spacial score (nSPS) is 25.3. The van der Waals surface area contributed by atoms with Gasteiger partial charge in [-0.3, -0.25) is 4.85 Å². The summed E-state index contributed by atoms with van der Waals surface area (Å²) in [6.07, 6.45) is 5.27. The first-order valence-corrected chi connectivity index (χ1v) is 11.3. The third kappa shape index (κ3) is 3.63. The van der Waals surface area contributed by atoms with Crippen molar-refractivity contribution in [3.63, 3.8) is 0 Å². The summed E-state index contributed by atoms with van der Waals surface area (Å²) in [5, 5.41) is 12.0. The Kier molecular flexibility index (Phi) is 5.32. The van der Waals surface area contributed by atoms with E-state index < -0.39 is 11.9 Å². The first kappa shape index (κ1) is 21.1. The Morgan fingerprint density at radius 3 is 2.36 bits per heavy atom. The van der Waals surface area contributed by atoms with Crippen molar-refractivity contribution in [1.82, 2.24) is 0 Å². The SMILES string of the molecule is [C-]#[N+]C1=NC(O)(c2ccccc2)C(=Cc2cc3c4c(c2)CCCN4CCC3)C(C)=NC1[N+]#[C-]. The van der Waals surface area contributed by atoms with Crippen LogP contribution in [0.1, 0.15) is 42.0 Å². The van der Waals surface area contributed by atoms with Gasteiger partial charge in [-0.2, -0.15) is 0 Å². The predicted molar refractivity (Wildman–Crippen MR) is 131 cm³/mol. The maximum absolute atomic E-state index is 12.0. The molecule has 6 nitrogen and oxygen atoms in total. The van der Waals surface area contributed by atoms with Crippen molar-refractivity contribution in [2.45, 2.75) is 44.5 Å². The van der Waals surface area contributed by atoms with Gasteiger partial charge in [0.05, 0.1) is 5.57 Å². The first-order valence-electron chi connectivity index (χ1n) is 11.3. The van der Waals surface area contributed by atoms with Gasteiger partial charge in [-0.1, -0.05) is 36.9 Å². The summed E-state index contributed by atoms with van der Waals surface area (Å²) in [6.45, 7) is 19.1. The number of amidine groups is 1. The smallest absolute Gasteiger partial charge is 0.371 e. The summed E-state index contributed by atoms with van der Waals surface area (Å²) < 4.78 is 0. The molecule has 33 heavy (non-hydrogen) atoms. The van der Waals surface area contributed by atoms with Crippen LogP contribution < -0.4 is 4.90 Å². The van der Waals surface area contributed by atoms with Gasteiger partial charge in [0.15, 0.2) is 0 Å². The Morgan fingerprint density at radius 2 is 1.76 bits per heavy atom. The summed E-state index contributed by atoms with van der Waals surface area (Å²) in [7, 11) is 0. The van der Waals surface area contributed by atoms with E-state index in [4.69, 9.17) is 13.1 Å². The van der Waals surface area contributed by atoms with Crippen LogP contribution in [-0.4, -0.2) is 35.9 Å². The molecule has 0 bridgehead atoms. The molecule has 0 radical (unpaired) electrons. The lowest BCUT2D eigenvalue weighted by atomic mass is 9.87. The van der Waals surface area contributed by atoms with Crippen LogP contribution in [0.15, 0.2) is 58.0 Å². The van der Waals surface area contributed by atoms with Crippen molar-refractivity contribution in [3.05, 3.63) is 93.1 Å². The molecule has 0 aromatic heterocycles. The van der Waals surface area contributed by atoms with Crippen LogP contribution >= 0.6 is 0 Å². The number of aliphatic hydroxyl groups is 1. The van der Waals surface area contributed by atoms with E-state index in [1.807, 2.05) is 24.3 Å². The van der Waals surface area contributed by atoms with Crippen molar-refractivity contribution < 1.29 is 5.11 Å². The molecule has 0 spiro atoms. The van der Waals surface area contributed by atoms with Crippen LogP contribution in [0, 0.1) is 13.1 Å². The van der Waals surface area contributed by atoms with Crippen molar-refractivity contribution in [2.75, 3.05) is 18.0 Å². The fraction of sp³-hybridized carbons (Fsp3) is 0.333. The minimum atomic E-state index is -1.80. The van der Waals surface area contributed by atoms with Gasteiger partial charge in [0.2, 0.25) is 0 Å². The quantitative estimate of drug-likeness (QED) is 0.698. The molecule has 0 fully saturated rings. The average Bonchev–Trinajstić information content (AvgIpc) is 2.95. The fourth-order valence-corrected chi connectivity index (χ4v) is 5.19. The van der Waals surface area contributed by atoms with Gasteiger partial charge in [0, 0.05) is 30.1 Å². The third-order valence-corrected chi connectivity index (χ3v) is 6.67. The second-order valence-electron chi connectivity index (χ2n) is 8.78. The lowest BCUT2D eigenvalue weighted by Gasteiger charge is -2.37. The molecule has 2 unspecified atom stereocenters. The zero-order chi connectivity index (χ0) is 23.0. The summed E-state index contributed by atoms with van der Waals surface area (Å²) in [4.78, 5) is 18.4. The molecule has 3 aliphatic heterocycles. The van der Waals surface area contributed by atoms with Gasteiger partial charge >= 0.3 is 12.0 Å². The number of hydrogen-bond acceptors (Lipinski definition) is 4. The minimum absolute atomic E-state index is 0.102. The monoisotopic (exact) mass is 435 g/mol. The Bertz CT molecular complexity index is 1250. The van der Waals surface area contributed by atoms with E-state index in [0.29, 0.717) is 16.8 Å². The van der Waals surface area contributed by atoms with E-state index >= 15 is 0 Å². The fourth-order valence-electron chi connectivity index (χ4n) is 5.19. The standard InChI is InChI=1S/C27H25N5O/c1-18-23(17-19-15-20-9-7-13-32-14-8-10-21(16-19)24(20)32)27(33,22-11-5-4-6-12-22)31-26(29-3)25(28-2)30-18/h4-6,11-12,15-17,25,33H,7-10,13-14H2,1H3. The lowest BCUT2D eigenvalue weighted by Crippen LogP contribution is -2.34. The van der Waals surface area contributed by atoms with E-state index in [0.717, 1.165) is 44.3 Å². The van der Waals surface area contributed by atoms with Crippen LogP contribution in [-0.2, 0) is 18.6 Å². The van der Waals surface area contributed by atoms with Crippen molar-refractivity contribution in [3.8, 4) is 0 Å². The Labute approximate surface area is 194 Å². The first-order chi connectivity index (χ1) is 16.0. The number of aliphatic imine (C=N–C) groups is 2. The largest absolute Gasteiger partial charge is 0.371 e. The molecular formula is C27H25N5O. The minimum Gasteiger partial charge on any atom is -0.371 e. The molecule has 1 N–H and O–H groups in total. The average molecular weight is 436 g/mol. The number of rotatable bonds is 2. The van der Waals surface area contributed by atoms with Gasteiger partial charge in [0.1, 0.15) is 0 Å². The second-order valence-corrected chi connectivity index (χ2v) is 8.78. The van der Waals surface area contributed by atoms with E-state index in [1.165, 1.54) is 16.8 Å². The summed E-state index contributed by atoms with van der Waals surface area (Å²) in [6, 6.07) is 13.5. The molecule has 5 rings (SSSR count). The molecule has 2 aromatic carbocycles. The van der Waals surface area contributed by atoms with Crippen molar-refractivity contribution >= 4 is 23.3 Å². The molecular weight excluding hydrogens is 410 g/mol. The van der Waals surface area contributed by atoms with Gasteiger partial charge in [-0.05, 0) is 67.5 Å². The third-order valence-electron chi connectivity index (χ3n) is 6.67. The van der Waals surface area contributed by atoms with Crippen LogP contribution in [0.5, 0.6) is 0 Å². The molecule has 0 saturated heterocycles. The van der Waals surface area contributed by atoms with Gasteiger partial charge in [-0.25, -0.2) is 11.6 Å². The summed E-state index contributed by atoms with van der Waals surface area (Å²) in [5.41, 5.74) is 4.83. The van der Waals surface area contributed by atoms with Crippen LogP contribution in [0.3, 0.4) is 0 Å². The molecule has 0 saturated carbocycles. The zero-order valence-corrected chi connectivity index (χ0v) is 18.6. The van der Waals surface area contributed by atoms with Crippen molar-refractivity contribution in [1.29, 1.82) is 0 Å². The highest BCUT2D eigenvalue weighted by molar-refractivity contribution is 6.09. The summed E-state index contributed by atoms with van der Waals surface area (Å²) >= 11 is 0. The zero-order valence-electron chi connectivity index (χ0n) is 18.6. The van der Waals surface area contributed by atoms with Gasteiger partial charge in [0.25, 0.3) is 5.72 Å². The van der Waals surface area contributed by atoms with Gasteiger partial charge < -0.3 is 14.9 Å². The molecule has 2 atom stereocenters.